The number of aromatic nitrogens is 4. The molecule has 5 rings (SSSR count). The van der Waals surface area contributed by atoms with E-state index in [-0.39, 0.29) is 6.79 Å². The molecule has 6 nitrogen and oxygen atoms in total. The van der Waals surface area contributed by atoms with E-state index in [1.54, 1.807) is 6.20 Å². The summed E-state index contributed by atoms with van der Waals surface area (Å²) in [4.78, 5) is 4.56. The molecule has 0 aliphatic carbocycles. The average Bonchev–Trinajstić information content (AvgIpc) is 3.32. The second-order valence-corrected chi connectivity index (χ2v) is 5.78. The fourth-order valence-corrected chi connectivity index (χ4v) is 3.07. The number of aromatic amines is 1. The standard InChI is InChI=1S/C18H14N4O2/c1-11-6-16-17(24-10-23-16)8-14(11)18-19-4-5-22(18)13-3-2-12-9-20-21-15(12)7-13/h2-9H,10H2,1H3,(H,20,21). The van der Waals surface area contributed by atoms with Gasteiger partial charge in [0.15, 0.2) is 11.5 Å². The van der Waals surface area contributed by atoms with Gasteiger partial charge in [-0.05, 0) is 42.8 Å². The minimum absolute atomic E-state index is 0.267. The number of H-pyrrole nitrogens is 1. The van der Waals surface area contributed by atoms with Gasteiger partial charge >= 0.3 is 0 Å². The van der Waals surface area contributed by atoms with Crippen molar-refractivity contribution in [2.24, 2.45) is 0 Å². The Morgan fingerprint density at radius 2 is 2.00 bits per heavy atom. The third kappa shape index (κ3) is 1.89. The van der Waals surface area contributed by atoms with Crippen molar-refractivity contribution in [3.8, 4) is 28.6 Å². The summed E-state index contributed by atoms with van der Waals surface area (Å²) in [6.45, 7) is 2.32. The Bertz CT molecular complexity index is 1060. The molecule has 1 aliphatic rings. The van der Waals surface area contributed by atoms with Gasteiger partial charge in [0, 0.05) is 29.0 Å². The van der Waals surface area contributed by atoms with Crippen molar-refractivity contribution in [1.29, 1.82) is 0 Å². The molecule has 2 aromatic heterocycles. The summed E-state index contributed by atoms with van der Waals surface area (Å²) in [7, 11) is 0. The van der Waals surface area contributed by atoms with Crippen LogP contribution in [-0.4, -0.2) is 26.5 Å². The normalized spacial score (nSPS) is 12.9. The first-order valence-corrected chi connectivity index (χ1v) is 7.67. The quantitative estimate of drug-likeness (QED) is 0.615. The van der Waals surface area contributed by atoms with Crippen LogP contribution in [0.5, 0.6) is 11.5 Å². The molecular formula is C18H14N4O2. The number of hydrogen-bond donors (Lipinski definition) is 1. The second kappa shape index (κ2) is 4.86. The van der Waals surface area contributed by atoms with E-state index in [1.807, 2.05) is 30.6 Å². The topological polar surface area (TPSA) is 65.0 Å². The van der Waals surface area contributed by atoms with Gasteiger partial charge in [0.25, 0.3) is 0 Å². The molecule has 0 spiro atoms. The van der Waals surface area contributed by atoms with Crippen LogP contribution in [0, 0.1) is 6.92 Å². The van der Waals surface area contributed by atoms with Gasteiger partial charge < -0.3 is 9.47 Å². The molecule has 24 heavy (non-hydrogen) atoms. The number of fused-ring (bicyclic) bond motifs is 2. The maximum atomic E-state index is 5.51. The zero-order valence-corrected chi connectivity index (χ0v) is 13.0. The number of imidazole rings is 1. The predicted molar refractivity (Wildman–Crippen MR) is 89.5 cm³/mol. The van der Waals surface area contributed by atoms with Crippen LogP contribution >= 0.6 is 0 Å². The number of hydrogen-bond acceptors (Lipinski definition) is 4. The Labute approximate surface area is 137 Å². The number of nitrogens with one attached hydrogen (secondary N) is 1. The average molecular weight is 318 g/mol. The first-order chi connectivity index (χ1) is 11.8. The Kier molecular flexibility index (Phi) is 2.67. The smallest absolute Gasteiger partial charge is 0.231 e. The van der Waals surface area contributed by atoms with Gasteiger partial charge in [-0.3, -0.25) is 9.67 Å². The van der Waals surface area contributed by atoms with Crippen molar-refractivity contribution in [3.05, 3.63) is 54.5 Å². The van der Waals surface area contributed by atoms with E-state index in [4.69, 9.17) is 9.47 Å². The van der Waals surface area contributed by atoms with Crippen molar-refractivity contribution in [2.45, 2.75) is 6.92 Å². The number of nitrogens with zero attached hydrogens (tertiary/aromatic N) is 3. The van der Waals surface area contributed by atoms with Crippen molar-refractivity contribution in [1.82, 2.24) is 19.7 Å². The van der Waals surface area contributed by atoms with Gasteiger partial charge in [0.05, 0.1) is 11.7 Å². The summed E-state index contributed by atoms with van der Waals surface area (Å²) in [5.74, 6) is 2.41. The van der Waals surface area contributed by atoms with E-state index in [1.165, 1.54) is 0 Å². The molecule has 0 unspecified atom stereocenters. The maximum Gasteiger partial charge on any atom is 0.231 e. The first kappa shape index (κ1) is 13.2. The molecule has 0 bridgehead atoms. The molecule has 3 heterocycles. The molecule has 118 valence electrons. The van der Waals surface area contributed by atoms with Crippen LogP contribution in [0.2, 0.25) is 0 Å². The highest BCUT2D eigenvalue weighted by molar-refractivity contribution is 5.80. The molecular weight excluding hydrogens is 304 g/mol. The van der Waals surface area contributed by atoms with E-state index in [0.29, 0.717) is 0 Å². The largest absolute Gasteiger partial charge is 0.454 e. The fraction of sp³-hybridized carbons (Fsp3) is 0.111. The first-order valence-electron chi connectivity index (χ1n) is 7.67. The van der Waals surface area contributed by atoms with Crippen molar-refractivity contribution < 1.29 is 9.47 Å². The number of ether oxygens (including phenoxy) is 2. The highest BCUT2D eigenvalue weighted by Crippen LogP contribution is 2.38. The molecule has 6 heteroatoms. The van der Waals surface area contributed by atoms with Gasteiger partial charge in [0.1, 0.15) is 5.82 Å². The minimum Gasteiger partial charge on any atom is -0.454 e. The fourth-order valence-electron chi connectivity index (χ4n) is 3.07. The third-order valence-electron chi connectivity index (χ3n) is 4.30. The minimum atomic E-state index is 0.267. The molecule has 0 saturated heterocycles. The monoisotopic (exact) mass is 318 g/mol. The van der Waals surface area contributed by atoms with E-state index >= 15 is 0 Å². The Hall–Kier alpha value is -3.28. The van der Waals surface area contributed by atoms with Crippen molar-refractivity contribution in [2.75, 3.05) is 6.79 Å². The molecule has 0 atom stereocenters. The summed E-state index contributed by atoms with van der Waals surface area (Å²) < 4.78 is 13.0. The lowest BCUT2D eigenvalue weighted by molar-refractivity contribution is 0.174. The van der Waals surface area contributed by atoms with E-state index in [9.17, 15) is 0 Å². The van der Waals surface area contributed by atoms with E-state index in [0.717, 1.165) is 45.0 Å². The van der Waals surface area contributed by atoms with Crippen LogP contribution in [0.4, 0.5) is 0 Å². The number of aryl methyl sites for hydroxylation is 1. The van der Waals surface area contributed by atoms with Gasteiger partial charge in [-0.2, -0.15) is 5.10 Å². The van der Waals surface area contributed by atoms with Crippen LogP contribution in [0.25, 0.3) is 28.0 Å². The summed E-state index contributed by atoms with van der Waals surface area (Å²) in [5, 5.41) is 8.17. The van der Waals surface area contributed by atoms with Crippen LogP contribution < -0.4 is 9.47 Å². The van der Waals surface area contributed by atoms with Crippen molar-refractivity contribution in [3.63, 3.8) is 0 Å². The van der Waals surface area contributed by atoms with Crippen LogP contribution in [0.1, 0.15) is 5.56 Å². The molecule has 1 aliphatic heterocycles. The van der Waals surface area contributed by atoms with Gasteiger partial charge in [0.2, 0.25) is 6.79 Å². The Morgan fingerprint density at radius 3 is 2.92 bits per heavy atom. The van der Waals surface area contributed by atoms with Gasteiger partial charge in [-0.25, -0.2) is 4.98 Å². The van der Waals surface area contributed by atoms with Crippen LogP contribution in [-0.2, 0) is 0 Å². The maximum absolute atomic E-state index is 5.51. The molecule has 0 amide bonds. The van der Waals surface area contributed by atoms with Gasteiger partial charge in [-0.1, -0.05) is 0 Å². The van der Waals surface area contributed by atoms with Crippen LogP contribution in [0.15, 0.2) is 48.9 Å². The number of rotatable bonds is 2. The lowest BCUT2D eigenvalue weighted by atomic mass is 10.1. The third-order valence-corrected chi connectivity index (χ3v) is 4.30. The molecule has 4 aromatic rings. The molecule has 1 N–H and O–H groups in total. The van der Waals surface area contributed by atoms with Crippen molar-refractivity contribution >= 4 is 10.9 Å². The van der Waals surface area contributed by atoms with Gasteiger partial charge in [-0.15, -0.1) is 0 Å². The Morgan fingerprint density at radius 1 is 1.12 bits per heavy atom. The summed E-state index contributed by atoms with van der Waals surface area (Å²) in [6, 6.07) is 10.2. The number of benzene rings is 2. The Balaban J connectivity index is 1.67. The zero-order valence-electron chi connectivity index (χ0n) is 13.0. The SMILES string of the molecule is Cc1cc2c(cc1-c1nccn1-c1ccc3cn[nH]c3c1)OCO2. The lowest BCUT2D eigenvalue weighted by Gasteiger charge is -2.11. The highest BCUT2D eigenvalue weighted by atomic mass is 16.7. The second-order valence-electron chi connectivity index (χ2n) is 5.78. The molecule has 0 fully saturated rings. The molecule has 0 saturated carbocycles. The molecule has 0 radical (unpaired) electrons. The van der Waals surface area contributed by atoms with Crippen LogP contribution in [0.3, 0.4) is 0 Å². The molecule has 2 aromatic carbocycles. The highest BCUT2D eigenvalue weighted by Gasteiger charge is 2.19. The lowest BCUT2D eigenvalue weighted by Crippen LogP contribution is -1.98. The van der Waals surface area contributed by atoms with E-state index in [2.05, 4.69) is 38.8 Å². The summed E-state index contributed by atoms with van der Waals surface area (Å²) in [5.41, 5.74) is 4.13. The summed E-state index contributed by atoms with van der Waals surface area (Å²) >= 11 is 0. The predicted octanol–water partition coefficient (Wildman–Crippen LogP) is 3.45. The zero-order chi connectivity index (χ0) is 16.1. The summed E-state index contributed by atoms with van der Waals surface area (Å²) in [6.07, 6.45) is 5.57. The van der Waals surface area contributed by atoms with E-state index < -0.39 is 0 Å².